The Bertz CT molecular complexity index is 244. The molecule has 1 aliphatic heterocycles. The lowest BCUT2D eigenvalue weighted by molar-refractivity contribution is 0.623. The maximum atomic E-state index is 4.01. The summed E-state index contributed by atoms with van der Waals surface area (Å²) in [6, 6.07) is 0. The normalized spacial score (nSPS) is 16.9. The van der Waals surface area contributed by atoms with Gasteiger partial charge in [0.2, 0.25) is 0 Å². The van der Waals surface area contributed by atoms with Crippen LogP contribution >= 0.6 is 9.39 Å². The van der Waals surface area contributed by atoms with Crippen molar-refractivity contribution in [1.29, 1.82) is 0 Å². The zero-order valence-electron chi connectivity index (χ0n) is 5.54. The van der Waals surface area contributed by atoms with Crippen LogP contribution in [0.2, 0.25) is 0 Å². The van der Waals surface area contributed by atoms with Gasteiger partial charge >= 0.3 is 0 Å². The number of hydrogen-bond donors (Lipinski definition) is 1. The Kier molecular flexibility index (Phi) is 1.43. The number of nitrogens with one attached hydrogen (secondary N) is 1. The van der Waals surface area contributed by atoms with Gasteiger partial charge in [-0.1, -0.05) is 5.21 Å². The van der Waals surface area contributed by atoms with Gasteiger partial charge in [-0.05, 0) is 9.39 Å². The van der Waals surface area contributed by atoms with Crippen molar-refractivity contribution in [3.63, 3.8) is 0 Å². The first-order valence-corrected chi connectivity index (χ1v) is 3.79. The van der Waals surface area contributed by atoms with Crippen molar-refractivity contribution in [2.45, 2.75) is 13.0 Å². The van der Waals surface area contributed by atoms with E-state index in [1.807, 2.05) is 0 Å². The number of hydrogen-bond acceptors (Lipinski definition) is 3. The van der Waals surface area contributed by atoms with Crippen molar-refractivity contribution in [2.24, 2.45) is 0 Å². The summed E-state index contributed by atoms with van der Waals surface area (Å²) in [5.41, 5.74) is 2.32. The van der Waals surface area contributed by atoms with E-state index in [1.54, 1.807) is 4.45 Å². The molecule has 5 heteroatoms. The van der Waals surface area contributed by atoms with Crippen LogP contribution in [0, 0.1) is 0 Å². The van der Waals surface area contributed by atoms with Crippen LogP contribution in [0.3, 0.4) is 0 Å². The van der Waals surface area contributed by atoms with E-state index in [0.29, 0.717) is 0 Å². The molecule has 2 heterocycles. The van der Waals surface area contributed by atoms with E-state index in [0.717, 1.165) is 25.2 Å². The lowest BCUT2D eigenvalue weighted by atomic mass is 10.2. The summed E-state index contributed by atoms with van der Waals surface area (Å²) in [5.74, 6) is 0. The maximum Gasteiger partial charge on any atom is 0.0888 e. The molecule has 2 rings (SSSR count). The molecule has 1 unspecified atom stereocenters. The molecule has 0 aromatic carbocycles. The predicted octanol–water partition coefficient (Wildman–Crippen LogP) is -0.438. The second-order valence-electron chi connectivity index (χ2n) is 2.35. The minimum absolute atomic E-state index is 0.895. The molecule has 0 fully saturated rings. The summed E-state index contributed by atoms with van der Waals surface area (Å²) in [6.07, 6.45) is 1.00. The minimum atomic E-state index is 0.895. The Balaban J connectivity index is 2.45. The highest BCUT2D eigenvalue weighted by atomic mass is 31.0. The second kappa shape index (κ2) is 2.29. The molecule has 0 saturated heterocycles. The monoisotopic (exact) mass is 156 g/mol. The third-order valence-corrected chi connectivity index (χ3v) is 2.12. The Morgan fingerprint density at radius 3 is 3.30 bits per heavy atom. The maximum absolute atomic E-state index is 4.01. The summed E-state index contributed by atoms with van der Waals surface area (Å²) >= 11 is 0. The van der Waals surface area contributed by atoms with E-state index in [4.69, 9.17) is 0 Å². The molecule has 1 atom stereocenters. The smallest absolute Gasteiger partial charge is 0.0888 e. The first-order chi connectivity index (χ1) is 4.88. The van der Waals surface area contributed by atoms with Gasteiger partial charge in [-0.3, -0.25) is 0 Å². The van der Waals surface area contributed by atoms with E-state index >= 15 is 0 Å². The topological polar surface area (TPSA) is 42.7 Å². The van der Waals surface area contributed by atoms with E-state index in [1.165, 1.54) is 5.69 Å². The van der Waals surface area contributed by atoms with Crippen molar-refractivity contribution in [1.82, 2.24) is 20.1 Å². The van der Waals surface area contributed by atoms with Crippen molar-refractivity contribution >= 4 is 9.39 Å². The van der Waals surface area contributed by atoms with E-state index in [-0.39, 0.29) is 0 Å². The molecule has 4 nitrogen and oxygen atoms in total. The van der Waals surface area contributed by atoms with Gasteiger partial charge in [0.05, 0.1) is 11.4 Å². The largest absolute Gasteiger partial charge is 0.311 e. The van der Waals surface area contributed by atoms with Gasteiger partial charge in [-0.15, -0.1) is 5.10 Å². The van der Waals surface area contributed by atoms with Crippen LogP contribution in [0.5, 0.6) is 0 Å². The van der Waals surface area contributed by atoms with Gasteiger partial charge in [0.15, 0.2) is 0 Å². The van der Waals surface area contributed by atoms with Gasteiger partial charge in [0, 0.05) is 19.5 Å². The molecule has 10 heavy (non-hydrogen) atoms. The molecule has 0 spiro atoms. The number of rotatable bonds is 0. The van der Waals surface area contributed by atoms with Crippen molar-refractivity contribution in [3.8, 4) is 0 Å². The molecule has 0 aliphatic carbocycles. The van der Waals surface area contributed by atoms with Crippen LogP contribution in [0.25, 0.3) is 0 Å². The lowest BCUT2D eigenvalue weighted by Crippen LogP contribution is -2.24. The zero-order chi connectivity index (χ0) is 6.97. The van der Waals surface area contributed by atoms with Gasteiger partial charge < -0.3 is 5.32 Å². The first kappa shape index (κ1) is 6.25. The molecule has 0 bridgehead atoms. The van der Waals surface area contributed by atoms with Crippen LogP contribution < -0.4 is 5.32 Å². The van der Waals surface area contributed by atoms with Gasteiger partial charge in [0.25, 0.3) is 0 Å². The van der Waals surface area contributed by atoms with E-state index in [2.05, 4.69) is 25.0 Å². The second-order valence-corrected chi connectivity index (χ2v) is 2.84. The predicted molar refractivity (Wildman–Crippen MR) is 40.5 cm³/mol. The fourth-order valence-corrected chi connectivity index (χ4v) is 1.43. The highest BCUT2D eigenvalue weighted by Gasteiger charge is 2.13. The SMILES string of the molecule is Pn1nnc2c1CNCC2. The molecule has 1 aliphatic rings. The van der Waals surface area contributed by atoms with Crippen LogP contribution in [0.15, 0.2) is 0 Å². The third-order valence-electron chi connectivity index (χ3n) is 1.70. The summed E-state index contributed by atoms with van der Waals surface area (Å²) in [7, 11) is 2.52. The molecule has 54 valence electrons. The summed E-state index contributed by atoms with van der Waals surface area (Å²) < 4.78 is 1.75. The van der Waals surface area contributed by atoms with Gasteiger partial charge in [-0.25, -0.2) is 4.45 Å². The van der Waals surface area contributed by atoms with Crippen LogP contribution in [0.4, 0.5) is 0 Å². The Morgan fingerprint density at radius 2 is 2.50 bits per heavy atom. The summed E-state index contributed by atoms with van der Waals surface area (Å²) in [4.78, 5) is 0. The average molecular weight is 156 g/mol. The molecule has 0 amide bonds. The Labute approximate surface area is 61.3 Å². The van der Waals surface area contributed by atoms with Crippen molar-refractivity contribution < 1.29 is 0 Å². The van der Waals surface area contributed by atoms with Crippen LogP contribution in [0.1, 0.15) is 11.4 Å². The van der Waals surface area contributed by atoms with Crippen LogP contribution in [-0.4, -0.2) is 21.3 Å². The van der Waals surface area contributed by atoms with Gasteiger partial charge in [-0.2, -0.15) is 0 Å². The highest BCUT2D eigenvalue weighted by Crippen LogP contribution is 2.11. The molecule has 1 aromatic rings. The standard InChI is InChI=1S/C5H9N4P/c10-9-5-3-6-2-1-4(5)7-8-9/h6H,1-3,10H2. The fourth-order valence-electron chi connectivity index (χ4n) is 1.14. The Hall–Kier alpha value is -0.470. The number of fused-ring (bicyclic) bond motifs is 1. The molecular formula is C5H9N4P. The molecule has 1 aromatic heterocycles. The average Bonchev–Trinajstić information content (AvgIpc) is 2.34. The molecule has 0 radical (unpaired) electrons. The lowest BCUT2D eigenvalue weighted by Gasteiger charge is -2.10. The van der Waals surface area contributed by atoms with E-state index in [9.17, 15) is 0 Å². The molecule has 1 N–H and O–H groups in total. The Morgan fingerprint density at radius 1 is 1.60 bits per heavy atom. The third kappa shape index (κ3) is 0.842. The first-order valence-electron chi connectivity index (χ1n) is 3.27. The minimum Gasteiger partial charge on any atom is -0.311 e. The quantitative estimate of drug-likeness (QED) is 0.518. The number of nitrogens with zero attached hydrogens (tertiary/aromatic N) is 3. The van der Waals surface area contributed by atoms with Crippen molar-refractivity contribution in [3.05, 3.63) is 11.4 Å². The highest BCUT2D eigenvalue weighted by molar-refractivity contribution is 7.14. The number of aromatic nitrogens is 3. The summed E-state index contributed by atoms with van der Waals surface area (Å²) in [6.45, 7) is 1.92. The van der Waals surface area contributed by atoms with E-state index < -0.39 is 0 Å². The van der Waals surface area contributed by atoms with Crippen LogP contribution in [-0.2, 0) is 13.0 Å². The van der Waals surface area contributed by atoms with Crippen molar-refractivity contribution in [2.75, 3.05) is 6.54 Å². The molecular weight excluding hydrogens is 147 g/mol. The van der Waals surface area contributed by atoms with Gasteiger partial charge in [0.1, 0.15) is 0 Å². The summed E-state index contributed by atoms with van der Waals surface area (Å²) in [5, 5.41) is 11.2. The molecule has 0 saturated carbocycles. The fraction of sp³-hybridized carbons (Fsp3) is 0.600. The zero-order valence-corrected chi connectivity index (χ0v) is 6.70.